The van der Waals surface area contributed by atoms with Gasteiger partial charge in [0.2, 0.25) is 5.91 Å². The van der Waals surface area contributed by atoms with E-state index in [1.807, 2.05) is 36.4 Å². The van der Waals surface area contributed by atoms with Crippen LogP contribution in [0.15, 0.2) is 73.1 Å². The second-order valence-corrected chi connectivity index (χ2v) is 5.74. The van der Waals surface area contributed by atoms with Gasteiger partial charge in [-0.2, -0.15) is 0 Å². The number of benzene rings is 2. The van der Waals surface area contributed by atoms with Gasteiger partial charge in [0.1, 0.15) is 5.82 Å². The molecule has 1 unspecified atom stereocenters. The van der Waals surface area contributed by atoms with Gasteiger partial charge in [-0.05, 0) is 59.5 Å². The normalized spacial score (nSPS) is 11.8. The van der Waals surface area contributed by atoms with E-state index in [0.717, 1.165) is 16.7 Å². The molecule has 1 heterocycles. The summed E-state index contributed by atoms with van der Waals surface area (Å²) in [7, 11) is 0. The molecule has 0 aliphatic rings. The minimum absolute atomic E-state index is 0.281. The molecule has 0 saturated heterocycles. The molecule has 5 heteroatoms. The number of halogens is 1. The van der Waals surface area contributed by atoms with Crippen molar-refractivity contribution < 1.29 is 9.18 Å². The number of anilines is 1. The fraction of sp³-hybridized carbons (Fsp3) is 0.100. The number of aromatic nitrogens is 1. The van der Waals surface area contributed by atoms with Crippen molar-refractivity contribution in [3.8, 4) is 11.1 Å². The van der Waals surface area contributed by atoms with Crippen molar-refractivity contribution >= 4 is 11.6 Å². The maximum Gasteiger partial charge on any atom is 0.241 e. The molecule has 25 heavy (non-hydrogen) atoms. The summed E-state index contributed by atoms with van der Waals surface area (Å²) in [6, 6.07) is 16.6. The molecule has 0 saturated carbocycles. The van der Waals surface area contributed by atoms with Crippen LogP contribution in [-0.2, 0) is 11.2 Å². The van der Waals surface area contributed by atoms with Gasteiger partial charge in [0.15, 0.2) is 0 Å². The molecule has 1 amide bonds. The molecule has 3 rings (SSSR count). The van der Waals surface area contributed by atoms with Gasteiger partial charge in [0.05, 0.1) is 6.04 Å². The summed E-state index contributed by atoms with van der Waals surface area (Å²) in [4.78, 5) is 16.3. The summed E-state index contributed by atoms with van der Waals surface area (Å²) in [5.74, 6) is -0.592. The van der Waals surface area contributed by atoms with Gasteiger partial charge in [-0.25, -0.2) is 4.39 Å². The smallest absolute Gasteiger partial charge is 0.241 e. The summed E-state index contributed by atoms with van der Waals surface area (Å²) >= 11 is 0. The summed E-state index contributed by atoms with van der Waals surface area (Å²) in [6.07, 6.45) is 3.79. The Balaban J connectivity index is 1.67. The standard InChI is InChI=1S/C20H18FN3O/c21-17-6-4-14(5-7-17)12-19(22)20(25)24-18-3-1-2-16(13-18)15-8-10-23-11-9-15/h1-11,13,19H,12,22H2,(H,24,25). The largest absolute Gasteiger partial charge is 0.325 e. The summed E-state index contributed by atoms with van der Waals surface area (Å²) in [6.45, 7) is 0. The fourth-order valence-corrected chi connectivity index (χ4v) is 2.52. The van der Waals surface area contributed by atoms with Crippen LogP contribution in [-0.4, -0.2) is 16.9 Å². The van der Waals surface area contributed by atoms with Crippen LogP contribution in [0.4, 0.5) is 10.1 Å². The molecular weight excluding hydrogens is 317 g/mol. The van der Waals surface area contributed by atoms with Crippen LogP contribution < -0.4 is 11.1 Å². The lowest BCUT2D eigenvalue weighted by Crippen LogP contribution is -2.37. The Morgan fingerprint density at radius 2 is 1.76 bits per heavy atom. The molecule has 3 N–H and O–H groups in total. The van der Waals surface area contributed by atoms with E-state index in [1.165, 1.54) is 12.1 Å². The van der Waals surface area contributed by atoms with Crippen LogP contribution >= 0.6 is 0 Å². The number of rotatable bonds is 5. The number of amides is 1. The van der Waals surface area contributed by atoms with Crippen LogP contribution in [0.2, 0.25) is 0 Å². The van der Waals surface area contributed by atoms with Crippen molar-refractivity contribution in [2.75, 3.05) is 5.32 Å². The Hall–Kier alpha value is -3.05. The predicted octanol–water partition coefficient (Wildman–Crippen LogP) is 3.40. The number of nitrogens with zero attached hydrogens (tertiary/aromatic N) is 1. The highest BCUT2D eigenvalue weighted by atomic mass is 19.1. The van der Waals surface area contributed by atoms with Crippen LogP contribution in [0.25, 0.3) is 11.1 Å². The van der Waals surface area contributed by atoms with Crippen molar-refractivity contribution in [3.63, 3.8) is 0 Å². The van der Waals surface area contributed by atoms with E-state index < -0.39 is 6.04 Å². The van der Waals surface area contributed by atoms with E-state index in [1.54, 1.807) is 24.5 Å². The Bertz CT molecular complexity index is 850. The molecule has 0 fully saturated rings. The Labute approximate surface area is 145 Å². The zero-order valence-electron chi connectivity index (χ0n) is 13.5. The first-order valence-electron chi connectivity index (χ1n) is 7.93. The average molecular weight is 335 g/mol. The first-order valence-corrected chi connectivity index (χ1v) is 7.93. The predicted molar refractivity (Wildman–Crippen MR) is 96.4 cm³/mol. The molecule has 0 aliphatic carbocycles. The third-order valence-corrected chi connectivity index (χ3v) is 3.85. The second-order valence-electron chi connectivity index (χ2n) is 5.74. The summed E-state index contributed by atoms with van der Waals surface area (Å²) in [5, 5.41) is 2.83. The number of carbonyl (C=O) groups is 1. The molecule has 0 aliphatic heterocycles. The van der Waals surface area contributed by atoms with Gasteiger partial charge in [-0.15, -0.1) is 0 Å². The lowest BCUT2D eigenvalue weighted by molar-refractivity contribution is -0.117. The second kappa shape index (κ2) is 7.68. The molecule has 1 atom stereocenters. The minimum Gasteiger partial charge on any atom is -0.325 e. The van der Waals surface area contributed by atoms with E-state index >= 15 is 0 Å². The summed E-state index contributed by atoms with van der Waals surface area (Å²) < 4.78 is 12.9. The van der Waals surface area contributed by atoms with Crippen molar-refractivity contribution in [3.05, 3.63) is 84.4 Å². The van der Waals surface area contributed by atoms with Crippen molar-refractivity contribution in [1.82, 2.24) is 4.98 Å². The highest BCUT2D eigenvalue weighted by Crippen LogP contribution is 2.22. The Morgan fingerprint density at radius 3 is 2.48 bits per heavy atom. The third-order valence-electron chi connectivity index (χ3n) is 3.85. The minimum atomic E-state index is -0.713. The fourth-order valence-electron chi connectivity index (χ4n) is 2.52. The summed E-state index contributed by atoms with van der Waals surface area (Å²) in [5.41, 5.74) is 9.45. The van der Waals surface area contributed by atoms with Gasteiger partial charge >= 0.3 is 0 Å². The molecule has 4 nitrogen and oxygen atoms in total. The van der Waals surface area contributed by atoms with Crippen molar-refractivity contribution in [2.24, 2.45) is 5.73 Å². The number of pyridine rings is 1. The number of hydrogen-bond acceptors (Lipinski definition) is 3. The first-order chi connectivity index (χ1) is 12.1. The highest BCUT2D eigenvalue weighted by molar-refractivity contribution is 5.95. The van der Waals surface area contributed by atoms with Crippen LogP contribution in [0.3, 0.4) is 0 Å². The third kappa shape index (κ3) is 4.49. The number of nitrogens with two attached hydrogens (primary N) is 1. The highest BCUT2D eigenvalue weighted by Gasteiger charge is 2.14. The Morgan fingerprint density at radius 1 is 1.04 bits per heavy atom. The van der Waals surface area contributed by atoms with E-state index in [9.17, 15) is 9.18 Å². The lowest BCUT2D eigenvalue weighted by atomic mass is 10.0. The Kier molecular flexibility index (Phi) is 5.16. The molecule has 0 bridgehead atoms. The first kappa shape index (κ1) is 16.8. The molecular formula is C20H18FN3O. The molecule has 126 valence electrons. The molecule has 1 aromatic heterocycles. The van der Waals surface area contributed by atoms with Crippen molar-refractivity contribution in [1.29, 1.82) is 0 Å². The van der Waals surface area contributed by atoms with Gasteiger partial charge in [-0.3, -0.25) is 9.78 Å². The molecule has 2 aromatic carbocycles. The number of carbonyl (C=O) groups excluding carboxylic acids is 1. The molecule has 0 radical (unpaired) electrons. The van der Waals surface area contributed by atoms with Crippen LogP contribution in [0.5, 0.6) is 0 Å². The maximum absolute atomic E-state index is 12.9. The van der Waals surface area contributed by atoms with E-state index in [2.05, 4.69) is 10.3 Å². The van der Waals surface area contributed by atoms with Crippen LogP contribution in [0.1, 0.15) is 5.56 Å². The molecule has 3 aromatic rings. The van der Waals surface area contributed by atoms with Gasteiger partial charge < -0.3 is 11.1 Å². The quantitative estimate of drug-likeness (QED) is 0.751. The number of hydrogen-bond donors (Lipinski definition) is 2. The van der Waals surface area contributed by atoms with Gasteiger partial charge in [-0.1, -0.05) is 24.3 Å². The zero-order chi connectivity index (χ0) is 17.6. The topological polar surface area (TPSA) is 68.0 Å². The van der Waals surface area contributed by atoms with Crippen molar-refractivity contribution in [2.45, 2.75) is 12.5 Å². The van der Waals surface area contributed by atoms with Crippen LogP contribution in [0, 0.1) is 5.82 Å². The van der Waals surface area contributed by atoms with E-state index in [4.69, 9.17) is 5.73 Å². The maximum atomic E-state index is 12.9. The average Bonchev–Trinajstić information content (AvgIpc) is 2.64. The SMILES string of the molecule is NC(Cc1ccc(F)cc1)C(=O)Nc1cccc(-c2ccncc2)c1. The number of nitrogens with one attached hydrogen (secondary N) is 1. The lowest BCUT2D eigenvalue weighted by Gasteiger charge is -2.13. The van der Waals surface area contributed by atoms with E-state index in [-0.39, 0.29) is 11.7 Å². The van der Waals surface area contributed by atoms with Gasteiger partial charge in [0, 0.05) is 18.1 Å². The van der Waals surface area contributed by atoms with Gasteiger partial charge in [0.25, 0.3) is 0 Å². The monoisotopic (exact) mass is 335 g/mol. The zero-order valence-corrected chi connectivity index (χ0v) is 13.5. The van der Waals surface area contributed by atoms with E-state index in [0.29, 0.717) is 12.1 Å². The molecule has 0 spiro atoms.